The Labute approximate surface area is 119 Å². The lowest BCUT2D eigenvalue weighted by atomic mass is 10.1. The number of sulfone groups is 1. The first-order chi connectivity index (χ1) is 9.54. The van der Waals surface area contributed by atoms with Crippen LogP contribution in [0.25, 0.3) is 0 Å². The summed E-state index contributed by atoms with van der Waals surface area (Å²) < 4.78 is 28.2. The van der Waals surface area contributed by atoms with Gasteiger partial charge in [-0.05, 0) is 38.0 Å². The summed E-state index contributed by atoms with van der Waals surface area (Å²) in [6.07, 6.45) is 1.26. The number of rotatable bonds is 5. The van der Waals surface area contributed by atoms with Crippen molar-refractivity contribution < 1.29 is 18.3 Å². The highest BCUT2D eigenvalue weighted by Gasteiger charge is 2.23. The van der Waals surface area contributed by atoms with Crippen molar-refractivity contribution in [1.29, 1.82) is 0 Å². The number of aliphatic hydroxyl groups is 1. The first-order valence-corrected chi connectivity index (χ1v) is 8.69. The summed E-state index contributed by atoms with van der Waals surface area (Å²) in [4.78, 5) is 0. The predicted octanol–water partition coefficient (Wildman–Crippen LogP) is 1.57. The number of hydrogen-bond acceptors (Lipinski definition) is 5. The van der Waals surface area contributed by atoms with Crippen LogP contribution in [0.3, 0.4) is 0 Å². The first-order valence-electron chi connectivity index (χ1n) is 6.87. The van der Waals surface area contributed by atoms with Crippen molar-refractivity contribution in [2.24, 2.45) is 0 Å². The van der Waals surface area contributed by atoms with Crippen molar-refractivity contribution >= 4 is 15.5 Å². The maximum absolute atomic E-state index is 11.4. The third kappa shape index (κ3) is 3.86. The van der Waals surface area contributed by atoms with Crippen LogP contribution in [-0.2, 0) is 16.4 Å². The van der Waals surface area contributed by atoms with Gasteiger partial charge in [0.15, 0.2) is 0 Å². The Balaban J connectivity index is 2.03. The van der Waals surface area contributed by atoms with Crippen molar-refractivity contribution in [1.82, 2.24) is 0 Å². The molecule has 1 fully saturated rings. The van der Waals surface area contributed by atoms with Crippen molar-refractivity contribution in [3.8, 4) is 5.75 Å². The quantitative estimate of drug-likeness (QED) is 0.863. The van der Waals surface area contributed by atoms with Gasteiger partial charge in [0, 0.05) is 17.3 Å². The van der Waals surface area contributed by atoms with E-state index in [1.807, 2.05) is 25.1 Å². The Kier molecular flexibility index (Phi) is 4.88. The summed E-state index contributed by atoms with van der Waals surface area (Å²) in [5, 5.41) is 12.7. The van der Waals surface area contributed by atoms with E-state index in [9.17, 15) is 13.5 Å². The van der Waals surface area contributed by atoms with E-state index >= 15 is 0 Å². The number of aliphatic hydroxyl groups excluding tert-OH is 1. The smallest absolute Gasteiger partial charge is 0.150 e. The van der Waals surface area contributed by atoms with Gasteiger partial charge in [0.2, 0.25) is 0 Å². The summed E-state index contributed by atoms with van der Waals surface area (Å²) in [6.45, 7) is 2.37. The number of hydrogen-bond donors (Lipinski definition) is 2. The number of ether oxygens (including phenoxy) is 1. The highest BCUT2D eigenvalue weighted by molar-refractivity contribution is 7.91. The van der Waals surface area contributed by atoms with E-state index in [2.05, 4.69) is 5.32 Å². The molecule has 20 heavy (non-hydrogen) atoms. The second-order valence-corrected chi connectivity index (χ2v) is 7.29. The second kappa shape index (κ2) is 6.45. The summed E-state index contributed by atoms with van der Waals surface area (Å²) in [6, 6.07) is 5.75. The topological polar surface area (TPSA) is 75.6 Å². The van der Waals surface area contributed by atoms with Crippen LogP contribution in [0.1, 0.15) is 25.3 Å². The molecular weight excluding hydrogens is 278 g/mol. The lowest BCUT2D eigenvalue weighted by Crippen LogP contribution is -2.32. The molecule has 1 heterocycles. The highest BCUT2D eigenvalue weighted by atomic mass is 32.2. The molecule has 1 aliphatic heterocycles. The average Bonchev–Trinajstić information content (AvgIpc) is 2.43. The molecule has 0 atom stereocenters. The molecule has 0 aliphatic carbocycles. The predicted molar refractivity (Wildman–Crippen MR) is 78.8 cm³/mol. The monoisotopic (exact) mass is 299 g/mol. The molecule has 0 aromatic heterocycles. The highest BCUT2D eigenvalue weighted by Crippen LogP contribution is 2.25. The zero-order chi connectivity index (χ0) is 14.6. The van der Waals surface area contributed by atoms with Crippen molar-refractivity contribution in [3.63, 3.8) is 0 Å². The van der Waals surface area contributed by atoms with Crippen LogP contribution in [-0.4, -0.2) is 37.7 Å². The number of nitrogens with one attached hydrogen (secondary N) is 1. The van der Waals surface area contributed by atoms with Crippen LogP contribution in [0.4, 0.5) is 5.69 Å². The Hall–Kier alpha value is -1.27. The molecule has 2 rings (SSSR count). The maximum atomic E-state index is 11.4. The minimum atomic E-state index is -2.83. The van der Waals surface area contributed by atoms with Gasteiger partial charge in [-0.1, -0.05) is 0 Å². The molecule has 0 unspecified atom stereocenters. The third-order valence-electron chi connectivity index (χ3n) is 3.46. The van der Waals surface area contributed by atoms with Crippen LogP contribution < -0.4 is 10.1 Å². The summed E-state index contributed by atoms with van der Waals surface area (Å²) >= 11 is 0. The molecule has 0 radical (unpaired) electrons. The Morgan fingerprint density at radius 2 is 2.05 bits per heavy atom. The van der Waals surface area contributed by atoms with Crippen LogP contribution in [0.15, 0.2) is 18.2 Å². The van der Waals surface area contributed by atoms with E-state index in [-0.39, 0.29) is 24.2 Å². The lowest BCUT2D eigenvalue weighted by Gasteiger charge is -2.24. The Morgan fingerprint density at radius 1 is 1.35 bits per heavy atom. The fraction of sp³-hybridized carbons (Fsp3) is 0.571. The van der Waals surface area contributed by atoms with Gasteiger partial charge < -0.3 is 15.2 Å². The molecule has 1 aromatic rings. The second-order valence-electron chi connectivity index (χ2n) is 4.98. The van der Waals surface area contributed by atoms with E-state index < -0.39 is 9.84 Å². The van der Waals surface area contributed by atoms with Crippen molar-refractivity contribution in [2.75, 3.05) is 23.4 Å². The van der Waals surface area contributed by atoms with Crippen LogP contribution >= 0.6 is 0 Å². The third-order valence-corrected chi connectivity index (χ3v) is 5.17. The zero-order valence-corrected chi connectivity index (χ0v) is 12.4. The van der Waals surface area contributed by atoms with Gasteiger partial charge in [-0.15, -0.1) is 0 Å². The molecule has 2 N–H and O–H groups in total. The summed E-state index contributed by atoms with van der Waals surface area (Å²) in [5.74, 6) is 1.18. The summed E-state index contributed by atoms with van der Waals surface area (Å²) in [7, 11) is -2.83. The molecule has 0 amide bonds. The van der Waals surface area contributed by atoms with E-state index in [0.717, 1.165) is 11.3 Å². The van der Waals surface area contributed by atoms with E-state index in [1.54, 1.807) is 0 Å². The largest absolute Gasteiger partial charge is 0.494 e. The molecule has 112 valence electrons. The lowest BCUT2D eigenvalue weighted by molar-refractivity contribution is 0.267. The van der Waals surface area contributed by atoms with Gasteiger partial charge in [0.25, 0.3) is 0 Å². The minimum absolute atomic E-state index is 0.0795. The zero-order valence-electron chi connectivity index (χ0n) is 11.6. The van der Waals surface area contributed by atoms with E-state index in [1.165, 1.54) is 0 Å². The van der Waals surface area contributed by atoms with E-state index in [4.69, 9.17) is 4.74 Å². The van der Waals surface area contributed by atoms with Crippen LogP contribution in [0, 0.1) is 0 Å². The SMILES string of the molecule is CCOc1ccc(NC2CCS(=O)(=O)CC2)cc1CO. The van der Waals surface area contributed by atoms with Gasteiger partial charge in [0.05, 0.1) is 24.7 Å². The molecule has 1 saturated heterocycles. The molecule has 0 bridgehead atoms. The van der Waals surface area contributed by atoms with Gasteiger partial charge in [-0.3, -0.25) is 0 Å². The number of anilines is 1. The molecule has 0 spiro atoms. The molecular formula is C14H21NO4S. The normalized spacial score (nSPS) is 18.7. The summed E-state index contributed by atoms with van der Waals surface area (Å²) in [5.41, 5.74) is 1.63. The fourth-order valence-electron chi connectivity index (χ4n) is 2.36. The maximum Gasteiger partial charge on any atom is 0.150 e. The van der Waals surface area contributed by atoms with Gasteiger partial charge in [0.1, 0.15) is 15.6 Å². The first kappa shape index (κ1) is 15.1. The van der Waals surface area contributed by atoms with Gasteiger partial charge >= 0.3 is 0 Å². The Morgan fingerprint density at radius 3 is 2.65 bits per heavy atom. The van der Waals surface area contributed by atoms with Crippen molar-refractivity contribution in [3.05, 3.63) is 23.8 Å². The minimum Gasteiger partial charge on any atom is -0.494 e. The van der Waals surface area contributed by atoms with E-state index in [0.29, 0.717) is 25.2 Å². The molecule has 0 saturated carbocycles. The Bertz CT molecular complexity index is 542. The van der Waals surface area contributed by atoms with Gasteiger partial charge in [-0.2, -0.15) is 0 Å². The molecule has 6 heteroatoms. The fourth-order valence-corrected chi connectivity index (χ4v) is 3.85. The van der Waals surface area contributed by atoms with Crippen molar-refractivity contribution in [2.45, 2.75) is 32.4 Å². The van der Waals surface area contributed by atoms with Crippen LogP contribution in [0.2, 0.25) is 0 Å². The molecule has 5 nitrogen and oxygen atoms in total. The standard InChI is InChI=1S/C14H21NO4S/c1-2-19-14-4-3-13(9-11(14)10-16)15-12-5-7-20(17,18)8-6-12/h3-4,9,12,15-16H,2,5-8,10H2,1H3. The molecule has 1 aliphatic rings. The van der Waals surface area contributed by atoms with Crippen LogP contribution in [0.5, 0.6) is 5.75 Å². The number of benzene rings is 1. The molecule has 1 aromatic carbocycles. The van der Waals surface area contributed by atoms with Gasteiger partial charge in [-0.25, -0.2) is 8.42 Å². The average molecular weight is 299 g/mol.